The molecule has 3 aromatic rings. The summed E-state index contributed by atoms with van der Waals surface area (Å²) in [6.45, 7) is 6.81. The monoisotopic (exact) mass is 441 g/mol. The van der Waals surface area contributed by atoms with Crippen LogP contribution in [0.4, 0.5) is 5.69 Å². The van der Waals surface area contributed by atoms with E-state index in [0.29, 0.717) is 17.9 Å². The van der Waals surface area contributed by atoms with Gasteiger partial charge in [0.15, 0.2) is 0 Å². The van der Waals surface area contributed by atoms with Crippen LogP contribution in [0.1, 0.15) is 25.0 Å². The van der Waals surface area contributed by atoms with Gasteiger partial charge in [0.05, 0.1) is 17.1 Å². The van der Waals surface area contributed by atoms with Gasteiger partial charge in [-0.1, -0.05) is 12.1 Å². The van der Waals surface area contributed by atoms with E-state index >= 15 is 0 Å². The van der Waals surface area contributed by atoms with Crippen molar-refractivity contribution in [2.75, 3.05) is 25.1 Å². The molecule has 0 radical (unpaired) electrons. The fourth-order valence-electron chi connectivity index (χ4n) is 3.82. The highest BCUT2D eigenvalue weighted by molar-refractivity contribution is 7.89. The molecule has 1 N–H and O–H groups in total. The predicted molar refractivity (Wildman–Crippen MR) is 122 cm³/mol. The van der Waals surface area contributed by atoms with Crippen molar-refractivity contribution in [2.24, 2.45) is 0 Å². The average molecular weight is 442 g/mol. The molecular formula is C23H27N3O4S. The van der Waals surface area contributed by atoms with Crippen LogP contribution in [0.3, 0.4) is 0 Å². The highest BCUT2D eigenvalue weighted by Crippen LogP contribution is 2.34. The molecule has 0 spiro atoms. The van der Waals surface area contributed by atoms with E-state index < -0.39 is 10.0 Å². The van der Waals surface area contributed by atoms with Gasteiger partial charge in [0.25, 0.3) is 5.56 Å². The Morgan fingerprint density at radius 1 is 1.16 bits per heavy atom. The molecule has 31 heavy (non-hydrogen) atoms. The van der Waals surface area contributed by atoms with Gasteiger partial charge >= 0.3 is 0 Å². The molecule has 1 aromatic heterocycles. The number of pyridine rings is 1. The minimum absolute atomic E-state index is 0.0169. The Kier molecular flexibility index (Phi) is 5.53. The number of sulfonamides is 1. The quantitative estimate of drug-likeness (QED) is 0.657. The molecule has 2 heterocycles. The summed E-state index contributed by atoms with van der Waals surface area (Å²) >= 11 is 0. The lowest BCUT2D eigenvalue weighted by Crippen LogP contribution is -2.38. The van der Waals surface area contributed by atoms with E-state index in [1.54, 1.807) is 38.1 Å². The summed E-state index contributed by atoms with van der Waals surface area (Å²) in [5.74, 6) is 0.553. The molecule has 0 bridgehead atoms. The summed E-state index contributed by atoms with van der Waals surface area (Å²) in [7, 11) is -1.90. The Hall–Kier alpha value is -2.84. The van der Waals surface area contributed by atoms with E-state index in [1.165, 1.54) is 4.31 Å². The topological polar surface area (TPSA) is 82.7 Å². The highest BCUT2D eigenvalue weighted by atomic mass is 32.2. The van der Waals surface area contributed by atoms with Crippen LogP contribution in [0.15, 0.2) is 52.2 Å². The summed E-state index contributed by atoms with van der Waals surface area (Å²) in [6, 6.07) is 12.2. The van der Waals surface area contributed by atoms with E-state index in [2.05, 4.69) is 4.98 Å². The van der Waals surface area contributed by atoms with Gasteiger partial charge in [-0.15, -0.1) is 0 Å². The number of ether oxygens (including phenoxy) is 1. The van der Waals surface area contributed by atoms with Crippen LogP contribution in [0.25, 0.3) is 10.9 Å². The standard InChI is InChI=1S/C23H27N3O4S/c1-15(2)26(14-18-12-17-6-5-16(3)11-20(17)24-23(18)27)31(28,29)19-7-8-21-22(13-19)30-10-9-25(21)4/h5-8,11-13,15H,9-10,14H2,1-4H3,(H,24,27). The molecule has 0 fully saturated rings. The van der Waals surface area contributed by atoms with Gasteiger partial charge in [-0.25, -0.2) is 8.42 Å². The van der Waals surface area contributed by atoms with Crippen LogP contribution in [0.2, 0.25) is 0 Å². The van der Waals surface area contributed by atoms with Gasteiger partial charge < -0.3 is 14.6 Å². The summed E-state index contributed by atoms with van der Waals surface area (Å²) in [5.41, 5.74) is 2.77. The number of H-pyrrole nitrogens is 1. The van der Waals surface area contributed by atoms with E-state index in [0.717, 1.165) is 28.7 Å². The number of rotatable bonds is 5. The number of aryl methyl sites for hydroxylation is 1. The van der Waals surface area contributed by atoms with Gasteiger partial charge in [-0.3, -0.25) is 4.79 Å². The number of aromatic amines is 1. The fraction of sp³-hybridized carbons (Fsp3) is 0.348. The summed E-state index contributed by atoms with van der Waals surface area (Å²) < 4.78 is 34.1. The number of anilines is 1. The second kappa shape index (κ2) is 8.01. The highest BCUT2D eigenvalue weighted by Gasteiger charge is 2.29. The zero-order valence-corrected chi connectivity index (χ0v) is 19.0. The van der Waals surface area contributed by atoms with Gasteiger partial charge in [-0.2, -0.15) is 4.31 Å². The molecule has 0 aliphatic carbocycles. The van der Waals surface area contributed by atoms with Crippen LogP contribution in [0.5, 0.6) is 5.75 Å². The molecule has 2 aromatic carbocycles. The van der Waals surface area contributed by atoms with Crippen molar-refractivity contribution in [1.29, 1.82) is 0 Å². The lowest BCUT2D eigenvalue weighted by Gasteiger charge is -2.29. The van der Waals surface area contributed by atoms with Gasteiger partial charge in [-0.05, 0) is 56.0 Å². The van der Waals surface area contributed by atoms with Crippen molar-refractivity contribution in [3.63, 3.8) is 0 Å². The van der Waals surface area contributed by atoms with Crippen molar-refractivity contribution in [3.8, 4) is 5.75 Å². The molecule has 7 nitrogen and oxygen atoms in total. The van der Waals surface area contributed by atoms with E-state index in [4.69, 9.17) is 4.74 Å². The zero-order chi connectivity index (χ0) is 22.3. The smallest absolute Gasteiger partial charge is 0.252 e. The second-order valence-electron chi connectivity index (χ2n) is 8.26. The first-order chi connectivity index (χ1) is 14.7. The van der Waals surface area contributed by atoms with Crippen LogP contribution < -0.4 is 15.2 Å². The van der Waals surface area contributed by atoms with Crippen molar-refractivity contribution in [3.05, 3.63) is 63.9 Å². The van der Waals surface area contributed by atoms with E-state index in [9.17, 15) is 13.2 Å². The summed E-state index contributed by atoms with van der Waals surface area (Å²) in [5, 5.41) is 0.867. The molecule has 0 unspecified atom stereocenters. The fourth-order valence-corrected chi connectivity index (χ4v) is 5.46. The van der Waals surface area contributed by atoms with Crippen molar-refractivity contribution < 1.29 is 13.2 Å². The number of fused-ring (bicyclic) bond motifs is 2. The van der Waals surface area contributed by atoms with E-state index in [1.807, 2.05) is 37.1 Å². The van der Waals surface area contributed by atoms with Gasteiger partial charge in [0, 0.05) is 36.8 Å². The number of hydrogen-bond acceptors (Lipinski definition) is 5. The summed E-state index contributed by atoms with van der Waals surface area (Å²) in [4.78, 5) is 17.8. The lowest BCUT2D eigenvalue weighted by atomic mass is 10.1. The maximum absolute atomic E-state index is 13.5. The maximum Gasteiger partial charge on any atom is 0.252 e. The second-order valence-corrected chi connectivity index (χ2v) is 10.1. The van der Waals surface area contributed by atoms with Crippen LogP contribution in [-0.4, -0.2) is 43.9 Å². The molecule has 4 rings (SSSR count). The lowest BCUT2D eigenvalue weighted by molar-refractivity contribution is 0.309. The number of likely N-dealkylation sites (N-methyl/N-ethyl adjacent to an activating group) is 1. The minimum Gasteiger partial charge on any atom is -0.490 e. The molecule has 1 aliphatic rings. The number of aromatic nitrogens is 1. The molecular weight excluding hydrogens is 414 g/mol. The Morgan fingerprint density at radius 2 is 1.94 bits per heavy atom. The first-order valence-corrected chi connectivity index (χ1v) is 11.7. The van der Waals surface area contributed by atoms with Crippen LogP contribution in [-0.2, 0) is 16.6 Å². The molecule has 0 amide bonds. The Morgan fingerprint density at radius 3 is 2.68 bits per heavy atom. The minimum atomic E-state index is -3.84. The van der Waals surface area contributed by atoms with Crippen molar-refractivity contribution in [2.45, 2.75) is 38.3 Å². The largest absolute Gasteiger partial charge is 0.490 e. The third kappa shape index (κ3) is 4.05. The number of nitrogens with zero attached hydrogens (tertiary/aromatic N) is 2. The Bertz CT molecular complexity index is 1300. The number of hydrogen-bond donors (Lipinski definition) is 1. The Balaban J connectivity index is 1.72. The zero-order valence-electron chi connectivity index (χ0n) is 18.2. The SMILES string of the molecule is Cc1ccc2cc(CN(C(C)C)S(=O)(=O)c3ccc4c(c3)OCCN4C)c(=O)[nH]c2c1. The number of nitrogens with one attached hydrogen (secondary N) is 1. The first kappa shape index (κ1) is 21.4. The Labute approximate surface area is 182 Å². The van der Waals surface area contributed by atoms with Gasteiger partial charge in [0.2, 0.25) is 10.0 Å². The van der Waals surface area contributed by atoms with E-state index in [-0.39, 0.29) is 23.0 Å². The average Bonchev–Trinajstić information content (AvgIpc) is 2.71. The normalized spacial score (nSPS) is 14.2. The number of benzene rings is 2. The predicted octanol–water partition coefficient (Wildman–Crippen LogP) is 3.26. The third-order valence-corrected chi connectivity index (χ3v) is 7.63. The van der Waals surface area contributed by atoms with Crippen molar-refractivity contribution in [1.82, 2.24) is 9.29 Å². The van der Waals surface area contributed by atoms with Crippen LogP contribution >= 0.6 is 0 Å². The summed E-state index contributed by atoms with van der Waals surface area (Å²) in [6.07, 6.45) is 0. The molecule has 1 aliphatic heterocycles. The van der Waals surface area contributed by atoms with Gasteiger partial charge in [0.1, 0.15) is 12.4 Å². The molecule has 0 saturated carbocycles. The maximum atomic E-state index is 13.5. The third-order valence-electron chi connectivity index (χ3n) is 5.61. The molecule has 8 heteroatoms. The first-order valence-electron chi connectivity index (χ1n) is 10.3. The molecule has 0 atom stereocenters. The molecule has 164 valence electrons. The molecule has 0 saturated heterocycles. The van der Waals surface area contributed by atoms with Crippen LogP contribution in [0, 0.1) is 6.92 Å². The van der Waals surface area contributed by atoms with Crippen molar-refractivity contribution >= 4 is 26.6 Å².